The monoisotopic (exact) mass is 330 g/mol. The number of hydrogen-bond donors (Lipinski definition) is 1. The molecule has 0 aromatic heterocycles. The molecule has 0 amide bonds. The summed E-state index contributed by atoms with van der Waals surface area (Å²) in [6.45, 7) is 1.99. The summed E-state index contributed by atoms with van der Waals surface area (Å²) in [5.74, 6) is 2.75. The molecule has 0 spiro atoms. The molecule has 24 heavy (non-hydrogen) atoms. The Balaban J connectivity index is 1.98. The van der Waals surface area contributed by atoms with Crippen LogP contribution < -0.4 is 18.9 Å². The van der Waals surface area contributed by atoms with Crippen LogP contribution in [0.1, 0.15) is 22.8 Å². The zero-order valence-electron chi connectivity index (χ0n) is 14.3. The number of aliphatic hydroxyl groups excluding tert-OH is 1. The molecule has 0 unspecified atom stereocenters. The Morgan fingerprint density at radius 3 is 2.33 bits per heavy atom. The predicted molar refractivity (Wildman–Crippen MR) is 90.4 cm³/mol. The second kappa shape index (κ2) is 6.61. The molecule has 0 bridgehead atoms. The highest BCUT2D eigenvalue weighted by Gasteiger charge is 2.32. The number of ether oxygens (including phenoxy) is 4. The van der Waals surface area contributed by atoms with Crippen LogP contribution in [-0.4, -0.2) is 32.5 Å². The fraction of sp³-hybridized carbons (Fsp3) is 0.368. The molecule has 3 rings (SSSR count). The van der Waals surface area contributed by atoms with Crippen molar-refractivity contribution < 1.29 is 24.1 Å². The summed E-state index contributed by atoms with van der Waals surface area (Å²) in [4.78, 5) is 0. The van der Waals surface area contributed by atoms with Crippen molar-refractivity contribution in [2.45, 2.75) is 25.6 Å². The summed E-state index contributed by atoms with van der Waals surface area (Å²) in [6.07, 6.45) is -0.673. The van der Waals surface area contributed by atoms with E-state index in [0.29, 0.717) is 17.9 Å². The van der Waals surface area contributed by atoms with Gasteiger partial charge in [-0.1, -0.05) is 6.07 Å². The fourth-order valence-corrected chi connectivity index (χ4v) is 3.09. The van der Waals surface area contributed by atoms with Gasteiger partial charge in [0.2, 0.25) is 0 Å². The summed E-state index contributed by atoms with van der Waals surface area (Å²) < 4.78 is 22.1. The Morgan fingerprint density at radius 1 is 0.958 bits per heavy atom. The second-order valence-corrected chi connectivity index (χ2v) is 5.87. The minimum atomic E-state index is -0.674. The average molecular weight is 330 g/mol. The van der Waals surface area contributed by atoms with Gasteiger partial charge in [0.1, 0.15) is 17.6 Å². The van der Waals surface area contributed by atoms with Crippen molar-refractivity contribution in [2.24, 2.45) is 0 Å². The Hall–Kier alpha value is -2.40. The molecule has 0 saturated carbocycles. The van der Waals surface area contributed by atoms with E-state index in [2.05, 4.69) is 0 Å². The van der Waals surface area contributed by atoms with Gasteiger partial charge in [-0.25, -0.2) is 0 Å². The standard InChI is InChI=1S/C19H22O5/c1-11-7-16(22-3)13-10-14(20)19(24-17(13)8-11)12-5-6-15(21-2)18(9-12)23-4/h5-9,14,19-20H,10H2,1-4H3/t14-,19+/m0/s1. The number of aryl methyl sites for hydroxylation is 1. The highest BCUT2D eigenvalue weighted by atomic mass is 16.5. The van der Waals surface area contributed by atoms with Crippen LogP contribution in [0.3, 0.4) is 0 Å². The molecule has 1 heterocycles. The van der Waals surface area contributed by atoms with Crippen molar-refractivity contribution in [1.29, 1.82) is 0 Å². The maximum Gasteiger partial charge on any atom is 0.161 e. The van der Waals surface area contributed by atoms with Gasteiger partial charge in [-0.3, -0.25) is 0 Å². The molecule has 0 aliphatic carbocycles. The molecule has 128 valence electrons. The average Bonchev–Trinajstić information content (AvgIpc) is 2.60. The van der Waals surface area contributed by atoms with Crippen LogP contribution in [0, 0.1) is 6.92 Å². The zero-order valence-corrected chi connectivity index (χ0v) is 14.3. The third-order valence-electron chi connectivity index (χ3n) is 4.29. The number of aliphatic hydroxyl groups is 1. The van der Waals surface area contributed by atoms with Crippen LogP contribution in [0.5, 0.6) is 23.0 Å². The lowest BCUT2D eigenvalue weighted by Gasteiger charge is -2.32. The summed E-state index contributed by atoms with van der Waals surface area (Å²) >= 11 is 0. The third kappa shape index (κ3) is 2.87. The fourth-order valence-electron chi connectivity index (χ4n) is 3.09. The lowest BCUT2D eigenvalue weighted by molar-refractivity contribution is 0.0198. The topological polar surface area (TPSA) is 57.2 Å². The van der Waals surface area contributed by atoms with E-state index in [1.807, 2.05) is 37.3 Å². The van der Waals surface area contributed by atoms with Crippen LogP contribution in [0.25, 0.3) is 0 Å². The van der Waals surface area contributed by atoms with E-state index in [-0.39, 0.29) is 0 Å². The Bertz CT molecular complexity index is 741. The highest BCUT2D eigenvalue weighted by Crippen LogP contribution is 2.42. The quantitative estimate of drug-likeness (QED) is 0.934. The third-order valence-corrected chi connectivity index (χ3v) is 4.29. The first-order chi connectivity index (χ1) is 11.6. The molecular formula is C19H22O5. The Labute approximate surface area is 141 Å². The van der Waals surface area contributed by atoms with Gasteiger partial charge in [-0.15, -0.1) is 0 Å². The van der Waals surface area contributed by atoms with E-state index >= 15 is 0 Å². The maximum atomic E-state index is 10.6. The molecule has 5 nitrogen and oxygen atoms in total. The molecule has 1 aliphatic rings. The van der Waals surface area contributed by atoms with E-state index in [1.165, 1.54) is 0 Å². The molecule has 1 N–H and O–H groups in total. The normalized spacial score (nSPS) is 19.2. The van der Waals surface area contributed by atoms with Gasteiger partial charge in [0, 0.05) is 12.0 Å². The summed E-state index contributed by atoms with van der Waals surface area (Å²) in [5, 5.41) is 10.6. The van der Waals surface area contributed by atoms with Crippen LogP contribution in [0.2, 0.25) is 0 Å². The Morgan fingerprint density at radius 2 is 1.67 bits per heavy atom. The minimum absolute atomic E-state index is 0.469. The SMILES string of the molecule is COc1ccc([C@H]2Oc3cc(C)cc(OC)c3C[C@@H]2O)cc1OC. The maximum absolute atomic E-state index is 10.6. The number of fused-ring (bicyclic) bond motifs is 1. The van der Waals surface area contributed by atoms with Crippen LogP contribution in [0.15, 0.2) is 30.3 Å². The number of rotatable bonds is 4. The van der Waals surface area contributed by atoms with E-state index in [4.69, 9.17) is 18.9 Å². The van der Waals surface area contributed by atoms with Crippen LogP contribution >= 0.6 is 0 Å². The van der Waals surface area contributed by atoms with Crippen molar-refractivity contribution in [2.75, 3.05) is 21.3 Å². The van der Waals surface area contributed by atoms with Gasteiger partial charge >= 0.3 is 0 Å². The molecule has 0 saturated heterocycles. The van der Waals surface area contributed by atoms with Gasteiger partial charge in [0.15, 0.2) is 11.5 Å². The lowest BCUT2D eigenvalue weighted by atomic mass is 9.93. The lowest BCUT2D eigenvalue weighted by Crippen LogP contribution is -2.30. The van der Waals surface area contributed by atoms with Gasteiger partial charge in [-0.2, -0.15) is 0 Å². The van der Waals surface area contributed by atoms with Gasteiger partial charge in [0.25, 0.3) is 0 Å². The van der Waals surface area contributed by atoms with E-state index in [9.17, 15) is 5.11 Å². The zero-order chi connectivity index (χ0) is 17.3. The number of methoxy groups -OCH3 is 3. The first-order valence-electron chi connectivity index (χ1n) is 7.81. The summed E-state index contributed by atoms with van der Waals surface area (Å²) in [5.41, 5.74) is 2.78. The number of benzene rings is 2. The molecule has 0 fully saturated rings. The van der Waals surface area contributed by atoms with E-state index in [1.54, 1.807) is 21.3 Å². The first-order valence-corrected chi connectivity index (χ1v) is 7.81. The molecule has 1 aliphatic heterocycles. The van der Waals surface area contributed by atoms with Crippen molar-refractivity contribution in [3.05, 3.63) is 47.0 Å². The molecule has 2 aromatic rings. The summed E-state index contributed by atoms with van der Waals surface area (Å²) in [7, 11) is 4.81. The first kappa shape index (κ1) is 16.5. The largest absolute Gasteiger partial charge is 0.496 e. The number of hydrogen-bond acceptors (Lipinski definition) is 5. The second-order valence-electron chi connectivity index (χ2n) is 5.87. The highest BCUT2D eigenvalue weighted by molar-refractivity contribution is 5.51. The van der Waals surface area contributed by atoms with E-state index < -0.39 is 12.2 Å². The van der Waals surface area contributed by atoms with Crippen molar-refractivity contribution in [1.82, 2.24) is 0 Å². The van der Waals surface area contributed by atoms with Crippen LogP contribution in [0.4, 0.5) is 0 Å². The Kier molecular flexibility index (Phi) is 4.53. The predicted octanol–water partition coefficient (Wildman–Crippen LogP) is 3.06. The van der Waals surface area contributed by atoms with E-state index in [0.717, 1.165) is 28.2 Å². The molecule has 2 atom stereocenters. The summed E-state index contributed by atoms with van der Waals surface area (Å²) in [6, 6.07) is 9.46. The molecule has 5 heteroatoms. The minimum Gasteiger partial charge on any atom is -0.496 e. The van der Waals surface area contributed by atoms with Crippen molar-refractivity contribution in [3.63, 3.8) is 0 Å². The smallest absolute Gasteiger partial charge is 0.161 e. The van der Waals surface area contributed by atoms with Crippen LogP contribution in [-0.2, 0) is 6.42 Å². The molecule has 2 aromatic carbocycles. The van der Waals surface area contributed by atoms with Gasteiger partial charge < -0.3 is 24.1 Å². The van der Waals surface area contributed by atoms with Crippen molar-refractivity contribution >= 4 is 0 Å². The molecular weight excluding hydrogens is 308 g/mol. The molecule has 0 radical (unpaired) electrons. The van der Waals surface area contributed by atoms with Crippen molar-refractivity contribution in [3.8, 4) is 23.0 Å². The van der Waals surface area contributed by atoms with Gasteiger partial charge in [-0.05, 0) is 42.3 Å². The van der Waals surface area contributed by atoms with Gasteiger partial charge in [0.05, 0.1) is 27.4 Å².